The van der Waals surface area contributed by atoms with Crippen LogP contribution in [0.15, 0.2) is 30.5 Å². The highest BCUT2D eigenvalue weighted by Gasteiger charge is 2.23. The number of rotatable bonds is 4. The number of hydrogen-bond acceptors (Lipinski definition) is 4. The molecule has 0 saturated carbocycles. The fourth-order valence-corrected chi connectivity index (χ4v) is 3.32. The molecule has 1 aromatic carbocycles. The van der Waals surface area contributed by atoms with Crippen molar-refractivity contribution in [2.24, 2.45) is 0 Å². The molecule has 1 aliphatic rings. The third-order valence-corrected chi connectivity index (χ3v) is 4.55. The molecule has 1 fully saturated rings. The second-order valence-corrected chi connectivity index (χ2v) is 6.56. The maximum atomic E-state index is 11.3. The van der Waals surface area contributed by atoms with Gasteiger partial charge in [0.1, 0.15) is 11.6 Å². The van der Waals surface area contributed by atoms with Gasteiger partial charge in [-0.1, -0.05) is 11.6 Å². The summed E-state index contributed by atoms with van der Waals surface area (Å²) in [6.07, 6.45) is 3.59. The van der Waals surface area contributed by atoms with Gasteiger partial charge in [-0.15, -0.1) is 0 Å². The van der Waals surface area contributed by atoms with Crippen LogP contribution in [0.4, 0.5) is 5.82 Å². The van der Waals surface area contributed by atoms with Gasteiger partial charge in [0, 0.05) is 43.2 Å². The van der Waals surface area contributed by atoms with E-state index in [0.29, 0.717) is 11.6 Å². The fourth-order valence-electron chi connectivity index (χ4n) is 3.13. The molecule has 128 valence electrons. The van der Waals surface area contributed by atoms with E-state index >= 15 is 0 Å². The molecule has 2 heterocycles. The van der Waals surface area contributed by atoms with Gasteiger partial charge in [-0.25, -0.2) is 4.68 Å². The highest BCUT2D eigenvalue weighted by atomic mass is 35.5. The lowest BCUT2D eigenvalue weighted by atomic mass is 10.0. The molecule has 1 saturated heterocycles. The molecule has 2 aromatic rings. The van der Waals surface area contributed by atoms with E-state index in [1.165, 1.54) is 6.92 Å². The molecule has 1 amide bonds. The first-order valence-corrected chi connectivity index (χ1v) is 8.41. The maximum absolute atomic E-state index is 11.3. The molecule has 0 radical (unpaired) electrons. The van der Waals surface area contributed by atoms with Gasteiger partial charge < -0.3 is 10.4 Å². The number of piperidine rings is 1. The number of nitrogens with zero attached hydrogens (tertiary/aromatic N) is 3. The predicted molar refractivity (Wildman–Crippen MR) is 93.2 cm³/mol. The summed E-state index contributed by atoms with van der Waals surface area (Å²) in [4.78, 5) is 13.6. The second kappa shape index (κ2) is 7.23. The van der Waals surface area contributed by atoms with Crippen LogP contribution in [-0.4, -0.2) is 38.8 Å². The summed E-state index contributed by atoms with van der Waals surface area (Å²) in [6.45, 7) is 3.97. The van der Waals surface area contributed by atoms with Crippen molar-refractivity contribution in [2.75, 3.05) is 18.4 Å². The molecule has 0 spiro atoms. The number of nitrogens with one attached hydrogen (secondary N) is 1. The Kier molecular flexibility index (Phi) is 5.06. The van der Waals surface area contributed by atoms with E-state index in [1.54, 1.807) is 18.3 Å². The first kappa shape index (κ1) is 16.8. The molecule has 0 bridgehead atoms. The summed E-state index contributed by atoms with van der Waals surface area (Å²) in [5.74, 6) is 0.931. The van der Waals surface area contributed by atoms with Crippen molar-refractivity contribution < 1.29 is 9.90 Å². The molecule has 24 heavy (non-hydrogen) atoms. The SMILES string of the molecule is CC(=O)Nc1ccnn1C1CCN(Cc2cc(Cl)ccc2O)CC1. The molecular weight excluding hydrogens is 328 g/mol. The Hall–Kier alpha value is -2.05. The number of carbonyl (C=O) groups is 1. The monoisotopic (exact) mass is 348 g/mol. The Bertz CT molecular complexity index is 723. The first-order chi connectivity index (χ1) is 11.5. The number of halogens is 1. The van der Waals surface area contributed by atoms with Crippen molar-refractivity contribution in [3.8, 4) is 5.75 Å². The quantitative estimate of drug-likeness (QED) is 0.891. The van der Waals surface area contributed by atoms with Crippen molar-refractivity contribution in [1.82, 2.24) is 14.7 Å². The number of carbonyl (C=O) groups excluding carboxylic acids is 1. The van der Waals surface area contributed by atoms with E-state index in [-0.39, 0.29) is 17.7 Å². The topological polar surface area (TPSA) is 70.4 Å². The lowest BCUT2D eigenvalue weighted by molar-refractivity contribution is -0.114. The summed E-state index contributed by atoms with van der Waals surface area (Å²) in [7, 11) is 0. The molecule has 1 aliphatic heterocycles. The number of phenols is 1. The summed E-state index contributed by atoms with van der Waals surface area (Å²) in [5.41, 5.74) is 0.846. The molecule has 0 atom stereocenters. The van der Waals surface area contributed by atoms with Crippen LogP contribution in [0.5, 0.6) is 5.75 Å². The zero-order valence-electron chi connectivity index (χ0n) is 13.6. The summed E-state index contributed by atoms with van der Waals surface area (Å²) >= 11 is 6.01. The highest BCUT2D eigenvalue weighted by Crippen LogP contribution is 2.28. The lowest BCUT2D eigenvalue weighted by Gasteiger charge is -2.32. The molecule has 7 heteroatoms. The minimum atomic E-state index is -0.0920. The Balaban J connectivity index is 1.61. The number of aromatic nitrogens is 2. The van der Waals surface area contributed by atoms with Gasteiger partial charge in [0.15, 0.2) is 0 Å². The zero-order chi connectivity index (χ0) is 17.1. The van der Waals surface area contributed by atoms with E-state index in [0.717, 1.165) is 37.3 Å². The van der Waals surface area contributed by atoms with Crippen molar-refractivity contribution in [1.29, 1.82) is 0 Å². The molecule has 1 aromatic heterocycles. The van der Waals surface area contributed by atoms with E-state index in [2.05, 4.69) is 15.3 Å². The highest BCUT2D eigenvalue weighted by molar-refractivity contribution is 6.30. The van der Waals surface area contributed by atoms with E-state index in [1.807, 2.05) is 16.8 Å². The third kappa shape index (κ3) is 3.88. The van der Waals surface area contributed by atoms with Gasteiger partial charge in [-0.05, 0) is 31.0 Å². The van der Waals surface area contributed by atoms with Crippen LogP contribution < -0.4 is 5.32 Å². The molecular formula is C17H21ClN4O2. The van der Waals surface area contributed by atoms with Crippen LogP contribution in [-0.2, 0) is 11.3 Å². The first-order valence-electron chi connectivity index (χ1n) is 8.04. The number of likely N-dealkylation sites (tertiary alicyclic amines) is 1. The van der Waals surface area contributed by atoms with Crippen LogP contribution in [0.25, 0.3) is 0 Å². The van der Waals surface area contributed by atoms with Gasteiger partial charge >= 0.3 is 0 Å². The molecule has 6 nitrogen and oxygen atoms in total. The number of aromatic hydroxyl groups is 1. The van der Waals surface area contributed by atoms with Crippen LogP contribution >= 0.6 is 11.6 Å². The lowest BCUT2D eigenvalue weighted by Crippen LogP contribution is -2.35. The van der Waals surface area contributed by atoms with Crippen molar-refractivity contribution >= 4 is 23.3 Å². The Morgan fingerprint density at radius 3 is 2.83 bits per heavy atom. The smallest absolute Gasteiger partial charge is 0.222 e. The molecule has 3 rings (SSSR count). The second-order valence-electron chi connectivity index (χ2n) is 6.12. The number of amides is 1. The molecule has 2 N–H and O–H groups in total. The van der Waals surface area contributed by atoms with Crippen molar-refractivity contribution in [3.63, 3.8) is 0 Å². The normalized spacial score (nSPS) is 16.2. The zero-order valence-corrected chi connectivity index (χ0v) is 14.3. The van der Waals surface area contributed by atoms with Crippen LogP contribution in [0.3, 0.4) is 0 Å². The summed E-state index contributed by atoms with van der Waals surface area (Å²) in [6, 6.07) is 7.22. The molecule has 0 unspecified atom stereocenters. The average molecular weight is 349 g/mol. The van der Waals surface area contributed by atoms with Gasteiger partial charge in [0.05, 0.1) is 12.2 Å². The third-order valence-electron chi connectivity index (χ3n) is 4.31. The minimum Gasteiger partial charge on any atom is -0.508 e. The van der Waals surface area contributed by atoms with Crippen LogP contribution in [0.2, 0.25) is 5.02 Å². The Morgan fingerprint density at radius 2 is 2.12 bits per heavy atom. The van der Waals surface area contributed by atoms with E-state index in [9.17, 15) is 9.90 Å². The van der Waals surface area contributed by atoms with Crippen molar-refractivity contribution in [3.05, 3.63) is 41.0 Å². The summed E-state index contributed by atoms with van der Waals surface area (Å²) in [5, 5.41) is 17.8. The largest absolute Gasteiger partial charge is 0.508 e. The van der Waals surface area contributed by atoms with E-state index < -0.39 is 0 Å². The van der Waals surface area contributed by atoms with Gasteiger partial charge in [-0.2, -0.15) is 5.10 Å². The minimum absolute atomic E-state index is 0.0920. The predicted octanol–water partition coefficient (Wildman–Crippen LogP) is 3.04. The number of benzene rings is 1. The van der Waals surface area contributed by atoms with Crippen LogP contribution in [0, 0.1) is 0 Å². The molecule has 0 aliphatic carbocycles. The number of phenolic OH excluding ortho intramolecular Hbond substituents is 1. The summed E-state index contributed by atoms with van der Waals surface area (Å²) < 4.78 is 1.90. The van der Waals surface area contributed by atoms with Crippen LogP contribution in [0.1, 0.15) is 31.4 Å². The standard InChI is InChI=1S/C17H21ClN4O2/c1-12(23)20-17-4-7-19-22(17)15-5-8-21(9-6-15)11-13-10-14(18)2-3-16(13)24/h2-4,7,10,15,24H,5-6,8-9,11H2,1H3,(H,20,23). The fraction of sp³-hybridized carbons (Fsp3) is 0.412. The average Bonchev–Trinajstić information content (AvgIpc) is 2.99. The number of hydrogen-bond donors (Lipinski definition) is 2. The van der Waals surface area contributed by atoms with Gasteiger partial charge in [0.2, 0.25) is 5.91 Å². The van der Waals surface area contributed by atoms with E-state index in [4.69, 9.17) is 11.6 Å². The Morgan fingerprint density at radius 1 is 1.38 bits per heavy atom. The van der Waals surface area contributed by atoms with Gasteiger partial charge in [-0.3, -0.25) is 9.69 Å². The number of anilines is 1. The van der Waals surface area contributed by atoms with Crippen molar-refractivity contribution in [2.45, 2.75) is 32.4 Å². The van der Waals surface area contributed by atoms with Gasteiger partial charge in [0.25, 0.3) is 0 Å². The maximum Gasteiger partial charge on any atom is 0.222 e. The Labute approximate surface area is 146 Å².